The predicted octanol–water partition coefficient (Wildman–Crippen LogP) is 4.10. The van der Waals surface area contributed by atoms with E-state index in [-0.39, 0.29) is 6.04 Å². The summed E-state index contributed by atoms with van der Waals surface area (Å²) in [5.41, 5.74) is 7.38. The SMILES string of the molecule is NC(c1ccccc1)c1nnc(CCC2CCCCC2)s1. The van der Waals surface area contributed by atoms with E-state index in [2.05, 4.69) is 10.2 Å². The molecule has 0 amide bonds. The third kappa shape index (κ3) is 3.89. The van der Waals surface area contributed by atoms with E-state index in [1.54, 1.807) is 11.3 Å². The van der Waals surface area contributed by atoms with Gasteiger partial charge in [-0.3, -0.25) is 0 Å². The maximum Gasteiger partial charge on any atom is 0.138 e. The van der Waals surface area contributed by atoms with Gasteiger partial charge >= 0.3 is 0 Å². The molecule has 0 bridgehead atoms. The van der Waals surface area contributed by atoms with E-state index >= 15 is 0 Å². The van der Waals surface area contributed by atoms with Gasteiger partial charge in [0.25, 0.3) is 0 Å². The lowest BCUT2D eigenvalue weighted by molar-refractivity contribution is 0.339. The zero-order valence-electron chi connectivity index (χ0n) is 12.4. The van der Waals surface area contributed by atoms with Gasteiger partial charge in [0, 0.05) is 6.42 Å². The molecular weight excluding hydrogens is 278 g/mol. The molecule has 1 unspecified atom stereocenters. The van der Waals surface area contributed by atoms with E-state index in [1.165, 1.54) is 38.5 Å². The first-order valence-corrected chi connectivity index (χ1v) is 8.77. The first kappa shape index (κ1) is 14.7. The highest BCUT2D eigenvalue weighted by atomic mass is 32.1. The zero-order chi connectivity index (χ0) is 14.5. The first-order chi connectivity index (χ1) is 10.3. The van der Waals surface area contributed by atoms with Crippen molar-refractivity contribution >= 4 is 11.3 Å². The van der Waals surface area contributed by atoms with Crippen molar-refractivity contribution in [1.29, 1.82) is 0 Å². The fourth-order valence-corrected chi connectivity index (χ4v) is 3.99. The van der Waals surface area contributed by atoms with Crippen LogP contribution in [0.5, 0.6) is 0 Å². The Kier molecular flexibility index (Phi) is 4.99. The fraction of sp³-hybridized carbons (Fsp3) is 0.529. The Morgan fingerprint density at radius 1 is 1.10 bits per heavy atom. The minimum Gasteiger partial charge on any atom is -0.318 e. The number of nitrogens with zero attached hydrogens (tertiary/aromatic N) is 2. The highest BCUT2D eigenvalue weighted by Crippen LogP contribution is 2.29. The Morgan fingerprint density at radius 3 is 2.62 bits per heavy atom. The van der Waals surface area contributed by atoms with Crippen molar-refractivity contribution in [3.05, 3.63) is 45.9 Å². The van der Waals surface area contributed by atoms with Gasteiger partial charge in [-0.25, -0.2) is 0 Å². The summed E-state index contributed by atoms with van der Waals surface area (Å²) < 4.78 is 0. The van der Waals surface area contributed by atoms with E-state index in [1.807, 2.05) is 30.3 Å². The smallest absolute Gasteiger partial charge is 0.138 e. The van der Waals surface area contributed by atoms with Gasteiger partial charge in [0.15, 0.2) is 0 Å². The van der Waals surface area contributed by atoms with E-state index in [0.717, 1.165) is 27.9 Å². The van der Waals surface area contributed by atoms with Crippen LogP contribution < -0.4 is 5.73 Å². The van der Waals surface area contributed by atoms with Gasteiger partial charge in [-0.2, -0.15) is 0 Å². The average Bonchev–Trinajstić information content (AvgIpc) is 3.03. The highest BCUT2D eigenvalue weighted by molar-refractivity contribution is 7.11. The monoisotopic (exact) mass is 301 g/mol. The van der Waals surface area contributed by atoms with Crippen LogP contribution in [0.25, 0.3) is 0 Å². The van der Waals surface area contributed by atoms with E-state index < -0.39 is 0 Å². The quantitative estimate of drug-likeness (QED) is 0.904. The highest BCUT2D eigenvalue weighted by Gasteiger charge is 2.17. The Hall–Kier alpha value is -1.26. The van der Waals surface area contributed by atoms with Crippen molar-refractivity contribution in [2.45, 2.75) is 51.0 Å². The van der Waals surface area contributed by atoms with Crippen molar-refractivity contribution in [1.82, 2.24) is 10.2 Å². The number of rotatable bonds is 5. The Morgan fingerprint density at radius 2 is 1.86 bits per heavy atom. The number of hydrogen-bond donors (Lipinski definition) is 1. The van der Waals surface area contributed by atoms with Crippen LogP contribution in [0.4, 0.5) is 0 Å². The molecule has 2 aromatic rings. The molecule has 1 atom stereocenters. The van der Waals surface area contributed by atoms with Crippen molar-refractivity contribution in [3.8, 4) is 0 Å². The van der Waals surface area contributed by atoms with Gasteiger partial charge in [0.05, 0.1) is 6.04 Å². The average molecular weight is 301 g/mol. The molecule has 1 fully saturated rings. The normalized spacial score (nSPS) is 17.8. The van der Waals surface area contributed by atoms with Crippen LogP contribution in [-0.2, 0) is 6.42 Å². The van der Waals surface area contributed by atoms with Gasteiger partial charge in [0.2, 0.25) is 0 Å². The third-order valence-corrected chi connectivity index (χ3v) is 5.46. The largest absolute Gasteiger partial charge is 0.318 e. The molecule has 1 aromatic carbocycles. The maximum atomic E-state index is 6.28. The summed E-state index contributed by atoms with van der Waals surface area (Å²) in [5.74, 6) is 0.897. The zero-order valence-corrected chi connectivity index (χ0v) is 13.2. The van der Waals surface area contributed by atoms with E-state index in [4.69, 9.17) is 5.73 Å². The molecule has 1 aliphatic carbocycles. The van der Waals surface area contributed by atoms with Crippen LogP contribution in [-0.4, -0.2) is 10.2 Å². The number of benzene rings is 1. The molecule has 112 valence electrons. The molecule has 0 aliphatic heterocycles. The molecule has 3 rings (SSSR count). The summed E-state index contributed by atoms with van der Waals surface area (Å²) >= 11 is 1.68. The second-order valence-corrected chi connectivity index (χ2v) is 7.06. The fourth-order valence-electron chi connectivity index (χ4n) is 3.10. The lowest BCUT2D eigenvalue weighted by atomic mass is 9.86. The number of aryl methyl sites for hydroxylation is 1. The second-order valence-electron chi connectivity index (χ2n) is 5.97. The number of hydrogen-bond acceptors (Lipinski definition) is 4. The number of nitrogens with two attached hydrogens (primary N) is 1. The maximum absolute atomic E-state index is 6.28. The van der Waals surface area contributed by atoms with Crippen molar-refractivity contribution in [2.75, 3.05) is 0 Å². The molecule has 4 heteroatoms. The Balaban J connectivity index is 1.58. The van der Waals surface area contributed by atoms with Crippen LogP contribution in [0.15, 0.2) is 30.3 Å². The third-order valence-electron chi connectivity index (χ3n) is 4.40. The Labute approximate surface area is 130 Å². The molecule has 1 aromatic heterocycles. The molecule has 1 saturated carbocycles. The van der Waals surface area contributed by atoms with Crippen LogP contribution in [0, 0.1) is 5.92 Å². The van der Waals surface area contributed by atoms with Gasteiger partial charge in [0.1, 0.15) is 10.0 Å². The lowest BCUT2D eigenvalue weighted by Crippen LogP contribution is -2.11. The summed E-state index contributed by atoms with van der Waals surface area (Å²) in [6.07, 6.45) is 9.35. The molecule has 1 heterocycles. The van der Waals surface area contributed by atoms with Crippen LogP contribution in [0.1, 0.15) is 60.1 Å². The standard InChI is InChI=1S/C17H23N3S/c18-16(14-9-5-2-6-10-14)17-20-19-15(21-17)12-11-13-7-3-1-4-8-13/h2,5-6,9-10,13,16H,1,3-4,7-8,11-12,18H2. The summed E-state index contributed by atoms with van der Waals surface area (Å²) in [6, 6.07) is 9.99. The molecule has 0 radical (unpaired) electrons. The van der Waals surface area contributed by atoms with Gasteiger partial charge < -0.3 is 5.73 Å². The second kappa shape index (κ2) is 7.14. The van der Waals surface area contributed by atoms with Crippen LogP contribution in [0.3, 0.4) is 0 Å². The summed E-state index contributed by atoms with van der Waals surface area (Å²) in [4.78, 5) is 0. The van der Waals surface area contributed by atoms with Crippen molar-refractivity contribution in [2.24, 2.45) is 11.7 Å². The van der Waals surface area contributed by atoms with E-state index in [9.17, 15) is 0 Å². The minimum absolute atomic E-state index is 0.146. The predicted molar refractivity (Wildman–Crippen MR) is 87.3 cm³/mol. The minimum atomic E-state index is -0.146. The van der Waals surface area contributed by atoms with Crippen LogP contribution >= 0.6 is 11.3 Å². The Bertz CT molecular complexity index is 546. The molecule has 21 heavy (non-hydrogen) atoms. The summed E-state index contributed by atoms with van der Waals surface area (Å²) in [6.45, 7) is 0. The molecule has 1 aliphatic rings. The van der Waals surface area contributed by atoms with Gasteiger partial charge in [-0.1, -0.05) is 73.8 Å². The van der Waals surface area contributed by atoms with Crippen molar-refractivity contribution < 1.29 is 0 Å². The molecule has 0 saturated heterocycles. The summed E-state index contributed by atoms with van der Waals surface area (Å²) in [7, 11) is 0. The van der Waals surface area contributed by atoms with Gasteiger partial charge in [-0.15, -0.1) is 10.2 Å². The molecular formula is C17H23N3S. The summed E-state index contributed by atoms with van der Waals surface area (Å²) in [5, 5.41) is 10.7. The lowest BCUT2D eigenvalue weighted by Gasteiger charge is -2.20. The van der Waals surface area contributed by atoms with Crippen LogP contribution in [0.2, 0.25) is 0 Å². The van der Waals surface area contributed by atoms with Crippen molar-refractivity contribution in [3.63, 3.8) is 0 Å². The molecule has 3 nitrogen and oxygen atoms in total. The topological polar surface area (TPSA) is 51.8 Å². The number of aromatic nitrogens is 2. The molecule has 2 N–H and O–H groups in total. The van der Waals surface area contributed by atoms with Gasteiger partial charge in [-0.05, 0) is 17.9 Å². The molecule has 0 spiro atoms. The van der Waals surface area contributed by atoms with E-state index in [0.29, 0.717) is 0 Å². The first-order valence-electron chi connectivity index (χ1n) is 7.96.